The second-order valence-corrected chi connectivity index (χ2v) is 7.69. The average molecular weight is 437 g/mol. The summed E-state index contributed by atoms with van der Waals surface area (Å²) in [6, 6.07) is 8.93. The summed E-state index contributed by atoms with van der Waals surface area (Å²) in [5, 5.41) is 16.9. The van der Waals surface area contributed by atoms with Crippen molar-refractivity contribution in [2.45, 2.75) is 9.96 Å². The molecule has 11 heteroatoms. The van der Waals surface area contributed by atoms with Gasteiger partial charge in [0.15, 0.2) is 10.9 Å². The number of hydrogen-bond acceptors (Lipinski definition) is 4. The molecule has 138 valence electrons. The minimum atomic E-state index is -1.93. The van der Waals surface area contributed by atoms with E-state index >= 15 is 0 Å². The van der Waals surface area contributed by atoms with Crippen LogP contribution in [0.25, 0.3) is 0 Å². The number of nitrogens with one attached hydrogen (secondary N) is 3. The van der Waals surface area contributed by atoms with Gasteiger partial charge in [-0.2, -0.15) is 0 Å². The molecule has 0 fully saturated rings. The molecule has 0 saturated carbocycles. The summed E-state index contributed by atoms with van der Waals surface area (Å²) >= 11 is 22.8. The maximum absolute atomic E-state index is 12.1. The first-order chi connectivity index (χ1) is 12.2. The highest BCUT2D eigenvalue weighted by Crippen LogP contribution is 2.29. The van der Waals surface area contributed by atoms with Gasteiger partial charge >= 0.3 is 5.97 Å². The lowest BCUT2D eigenvalue weighted by molar-refractivity contribution is 0.0696. The average Bonchev–Trinajstić information content (AvgIpc) is 3.08. The standard InChI is InChI=1S/C15H12Cl3N3O4S/c16-15(17,18)13(20-11(22)10-5-2-6-25-10)21-14(26)19-9-4-1-3-8(7-9)12(23)24/h1-7,13H,(H,20,22)(H,23,24)(H2,19,21,26)/t13-/m0/s1. The van der Waals surface area contributed by atoms with E-state index in [4.69, 9.17) is 56.5 Å². The number of rotatable bonds is 5. The SMILES string of the molecule is O=C(O)c1cccc(NC(=S)N[C@H](NC(=O)c2ccco2)C(Cl)(Cl)Cl)c1. The molecular formula is C15H12Cl3N3O4S. The van der Waals surface area contributed by atoms with E-state index < -0.39 is 21.8 Å². The molecule has 7 nitrogen and oxygen atoms in total. The zero-order valence-electron chi connectivity index (χ0n) is 12.8. The van der Waals surface area contributed by atoms with Crippen molar-refractivity contribution in [2.24, 2.45) is 0 Å². The summed E-state index contributed by atoms with van der Waals surface area (Å²) in [6.07, 6.45) is 0.140. The number of carbonyl (C=O) groups excluding carboxylic acids is 1. The van der Waals surface area contributed by atoms with Crippen LogP contribution in [0, 0.1) is 0 Å². The van der Waals surface area contributed by atoms with Crippen LogP contribution in [0.4, 0.5) is 5.69 Å². The lowest BCUT2D eigenvalue weighted by Crippen LogP contribution is -2.56. The van der Waals surface area contributed by atoms with Gasteiger partial charge in [0, 0.05) is 5.69 Å². The Balaban J connectivity index is 2.06. The van der Waals surface area contributed by atoms with Crippen molar-refractivity contribution >= 4 is 69.7 Å². The molecule has 2 aromatic rings. The van der Waals surface area contributed by atoms with Crippen molar-refractivity contribution in [2.75, 3.05) is 5.32 Å². The number of amides is 1. The monoisotopic (exact) mass is 435 g/mol. The van der Waals surface area contributed by atoms with E-state index in [2.05, 4.69) is 16.0 Å². The normalized spacial score (nSPS) is 12.1. The van der Waals surface area contributed by atoms with Crippen LogP contribution in [0.5, 0.6) is 0 Å². The molecule has 0 saturated heterocycles. The third-order valence-corrected chi connectivity index (χ3v) is 3.87. The first kappa shape index (κ1) is 20.3. The largest absolute Gasteiger partial charge is 0.478 e. The summed E-state index contributed by atoms with van der Waals surface area (Å²) in [5.74, 6) is -1.68. The highest BCUT2D eigenvalue weighted by molar-refractivity contribution is 7.80. The van der Waals surface area contributed by atoms with Gasteiger partial charge in [-0.1, -0.05) is 40.9 Å². The maximum atomic E-state index is 12.1. The lowest BCUT2D eigenvalue weighted by Gasteiger charge is -2.27. The number of furan rings is 1. The van der Waals surface area contributed by atoms with Crippen LogP contribution in [0.15, 0.2) is 47.1 Å². The summed E-state index contributed by atoms with van der Waals surface area (Å²) < 4.78 is 3.04. The molecule has 0 spiro atoms. The molecule has 1 atom stereocenters. The molecule has 0 aliphatic rings. The van der Waals surface area contributed by atoms with Crippen molar-refractivity contribution in [3.63, 3.8) is 0 Å². The van der Waals surface area contributed by atoms with E-state index in [1.807, 2.05) is 0 Å². The van der Waals surface area contributed by atoms with Crippen LogP contribution < -0.4 is 16.0 Å². The van der Waals surface area contributed by atoms with Gasteiger partial charge in [0.25, 0.3) is 5.91 Å². The number of carboxylic acids is 1. The van der Waals surface area contributed by atoms with Gasteiger partial charge in [0.1, 0.15) is 6.17 Å². The Hall–Kier alpha value is -2.00. The summed E-state index contributed by atoms with van der Waals surface area (Å²) in [6.45, 7) is 0. The molecule has 0 unspecified atom stereocenters. The third-order valence-electron chi connectivity index (χ3n) is 2.99. The van der Waals surface area contributed by atoms with E-state index in [0.717, 1.165) is 0 Å². The number of thiocarbonyl (C=S) groups is 1. The van der Waals surface area contributed by atoms with Gasteiger partial charge in [-0.15, -0.1) is 0 Å². The second kappa shape index (κ2) is 8.59. The zero-order chi connectivity index (χ0) is 19.3. The lowest BCUT2D eigenvalue weighted by atomic mass is 10.2. The minimum absolute atomic E-state index is 0.00334. The van der Waals surface area contributed by atoms with Crippen LogP contribution in [0.1, 0.15) is 20.9 Å². The molecule has 1 amide bonds. The Labute approximate surface area is 168 Å². The van der Waals surface area contributed by atoms with E-state index in [1.54, 1.807) is 12.1 Å². The number of anilines is 1. The predicted octanol–water partition coefficient (Wildman–Crippen LogP) is 3.39. The Kier molecular flexibility index (Phi) is 6.71. The van der Waals surface area contributed by atoms with Gasteiger partial charge in [-0.25, -0.2) is 4.79 Å². The molecule has 1 heterocycles. The zero-order valence-corrected chi connectivity index (χ0v) is 15.9. The van der Waals surface area contributed by atoms with Gasteiger partial charge in [-0.05, 0) is 42.5 Å². The number of alkyl halides is 3. The number of carbonyl (C=O) groups is 2. The fraction of sp³-hybridized carbons (Fsp3) is 0.133. The molecule has 1 aromatic heterocycles. The number of halogens is 3. The number of carboxylic acid groups (broad SMARTS) is 1. The topological polar surface area (TPSA) is 104 Å². The second-order valence-electron chi connectivity index (χ2n) is 4.91. The van der Waals surface area contributed by atoms with E-state index in [0.29, 0.717) is 5.69 Å². The summed E-state index contributed by atoms with van der Waals surface area (Å²) in [7, 11) is 0. The smallest absolute Gasteiger partial charge is 0.335 e. The van der Waals surface area contributed by atoms with Crippen molar-refractivity contribution in [3.05, 3.63) is 54.0 Å². The van der Waals surface area contributed by atoms with Crippen molar-refractivity contribution in [3.8, 4) is 0 Å². The molecule has 26 heavy (non-hydrogen) atoms. The molecule has 0 aliphatic heterocycles. The minimum Gasteiger partial charge on any atom is -0.478 e. The molecule has 2 rings (SSSR count). The van der Waals surface area contributed by atoms with E-state index in [9.17, 15) is 9.59 Å². The Morgan fingerprint density at radius 3 is 2.46 bits per heavy atom. The van der Waals surface area contributed by atoms with Gasteiger partial charge < -0.3 is 25.5 Å². The van der Waals surface area contributed by atoms with Gasteiger partial charge in [0.05, 0.1) is 11.8 Å². The fourth-order valence-corrected chi connectivity index (χ4v) is 2.40. The molecular weight excluding hydrogens is 425 g/mol. The number of aromatic carboxylic acids is 1. The predicted molar refractivity (Wildman–Crippen MR) is 103 cm³/mol. The van der Waals surface area contributed by atoms with E-state index in [-0.39, 0.29) is 16.4 Å². The maximum Gasteiger partial charge on any atom is 0.335 e. The summed E-state index contributed by atoms with van der Waals surface area (Å²) in [5.41, 5.74) is 0.477. The highest BCUT2D eigenvalue weighted by Gasteiger charge is 2.35. The van der Waals surface area contributed by atoms with Gasteiger partial charge in [-0.3, -0.25) is 4.79 Å². The molecule has 0 radical (unpaired) electrons. The highest BCUT2D eigenvalue weighted by atomic mass is 35.6. The molecule has 1 aromatic carbocycles. The van der Waals surface area contributed by atoms with Crippen molar-refractivity contribution in [1.82, 2.24) is 10.6 Å². The fourth-order valence-electron chi connectivity index (χ4n) is 1.84. The third kappa shape index (κ3) is 5.77. The number of hydrogen-bond donors (Lipinski definition) is 4. The van der Waals surface area contributed by atoms with Crippen LogP contribution >= 0.6 is 47.0 Å². The Bertz CT molecular complexity index is 809. The summed E-state index contributed by atoms with van der Waals surface area (Å²) in [4.78, 5) is 23.1. The van der Waals surface area contributed by atoms with Crippen molar-refractivity contribution in [1.29, 1.82) is 0 Å². The first-order valence-electron chi connectivity index (χ1n) is 6.99. The molecule has 4 N–H and O–H groups in total. The van der Waals surface area contributed by atoms with Crippen molar-refractivity contribution < 1.29 is 19.1 Å². The van der Waals surface area contributed by atoms with Gasteiger partial charge in [0.2, 0.25) is 3.79 Å². The van der Waals surface area contributed by atoms with E-state index in [1.165, 1.54) is 30.5 Å². The van der Waals surface area contributed by atoms with Crippen LogP contribution in [0.3, 0.4) is 0 Å². The van der Waals surface area contributed by atoms with Crippen LogP contribution in [0.2, 0.25) is 0 Å². The van der Waals surface area contributed by atoms with Crippen LogP contribution in [-0.2, 0) is 0 Å². The first-order valence-corrected chi connectivity index (χ1v) is 8.53. The molecule has 0 aliphatic carbocycles. The Morgan fingerprint density at radius 2 is 1.88 bits per heavy atom. The molecule has 0 bridgehead atoms. The Morgan fingerprint density at radius 1 is 1.15 bits per heavy atom. The van der Waals surface area contributed by atoms with Crippen LogP contribution in [-0.4, -0.2) is 32.1 Å². The number of benzene rings is 1. The quantitative estimate of drug-likeness (QED) is 0.323.